The number of hydrogen-bond acceptors (Lipinski definition) is 3. The Balaban J connectivity index is 2.25. The molecule has 2 heterocycles. The second-order valence-corrected chi connectivity index (χ2v) is 5.67. The van der Waals surface area contributed by atoms with Gasteiger partial charge in [-0.3, -0.25) is 4.68 Å². The van der Waals surface area contributed by atoms with E-state index in [-0.39, 0.29) is 5.41 Å². The summed E-state index contributed by atoms with van der Waals surface area (Å²) in [7, 11) is 0. The first-order valence-electron chi connectivity index (χ1n) is 6.17. The molecule has 4 nitrogen and oxygen atoms in total. The summed E-state index contributed by atoms with van der Waals surface area (Å²) < 4.78 is 44.3. The van der Waals surface area contributed by atoms with E-state index in [1.807, 2.05) is 20.8 Å². The summed E-state index contributed by atoms with van der Waals surface area (Å²) in [6.45, 7) is 7.60. The maximum absolute atomic E-state index is 12.5. The maximum Gasteiger partial charge on any atom is 0.435 e. The molecule has 0 aliphatic carbocycles. The Hall–Kier alpha value is -1.79. The second kappa shape index (κ2) is 4.64. The predicted molar refractivity (Wildman–Crippen MR) is 66.2 cm³/mol. The van der Waals surface area contributed by atoms with Gasteiger partial charge in [0.05, 0.1) is 6.20 Å². The first kappa shape index (κ1) is 14.6. The number of hydrogen-bond donors (Lipinski definition) is 0. The van der Waals surface area contributed by atoms with Crippen LogP contribution >= 0.6 is 0 Å². The fourth-order valence-electron chi connectivity index (χ4n) is 1.65. The first-order valence-corrected chi connectivity index (χ1v) is 6.17. The maximum atomic E-state index is 12.5. The van der Waals surface area contributed by atoms with Crippen molar-refractivity contribution in [1.82, 2.24) is 14.8 Å². The number of oxazole rings is 1. The van der Waals surface area contributed by atoms with E-state index in [0.717, 1.165) is 6.07 Å². The van der Waals surface area contributed by atoms with Gasteiger partial charge in [0.25, 0.3) is 0 Å². The van der Waals surface area contributed by atoms with Crippen LogP contribution in [0.15, 0.2) is 22.9 Å². The van der Waals surface area contributed by atoms with Crippen LogP contribution in [-0.4, -0.2) is 14.8 Å². The molecule has 0 saturated heterocycles. The van der Waals surface area contributed by atoms with E-state index in [0.29, 0.717) is 11.7 Å². The van der Waals surface area contributed by atoms with Crippen molar-refractivity contribution >= 4 is 0 Å². The lowest BCUT2D eigenvalue weighted by molar-refractivity contribution is -0.141. The topological polar surface area (TPSA) is 43.9 Å². The Morgan fingerprint density at radius 2 is 1.90 bits per heavy atom. The van der Waals surface area contributed by atoms with Crippen LogP contribution in [0.3, 0.4) is 0 Å². The second-order valence-electron chi connectivity index (χ2n) is 5.67. The standard InChI is InChI=1S/C13H16F3N3O/c1-8(11-17-7-10(20-11)12(2,3)4)19-6-5-9(18-19)13(14,15)16/h5-8H,1-4H3/t8-/m0/s1. The molecule has 0 aliphatic rings. The summed E-state index contributed by atoms with van der Waals surface area (Å²) in [5.74, 6) is 1.02. The monoisotopic (exact) mass is 287 g/mol. The van der Waals surface area contributed by atoms with Crippen LogP contribution in [0.25, 0.3) is 0 Å². The largest absolute Gasteiger partial charge is 0.443 e. The van der Waals surface area contributed by atoms with Gasteiger partial charge in [0.15, 0.2) is 5.69 Å². The first-order chi connectivity index (χ1) is 9.09. The van der Waals surface area contributed by atoms with Crippen molar-refractivity contribution in [2.24, 2.45) is 0 Å². The molecule has 20 heavy (non-hydrogen) atoms. The highest BCUT2D eigenvalue weighted by Gasteiger charge is 2.34. The van der Waals surface area contributed by atoms with Crippen LogP contribution in [-0.2, 0) is 11.6 Å². The minimum absolute atomic E-state index is 0.202. The zero-order chi connectivity index (χ0) is 15.1. The van der Waals surface area contributed by atoms with Crippen LogP contribution in [0, 0.1) is 0 Å². The van der Waals surface area contributed by atoms with Crippen LogP contribution in [0.2, 0.25) is 0 Å². The Morgan fingerprint density at radius 1 is 1.25 bits per heavy atom. The molecule has 110 valence electrons. The van der Waals surface area contributed by atoms with Crippen molar-refractivity contribution in [1.29, 1.82) is 0 Å². The van der Waals surface area contributed by atoms with E-state index >= 15 is 0 Å². The third-order valence-electron chi connectivity index (χ3n) is 2.92. The lowest BCUT2D eigenvalue weighted by atomic mass is 9.94. The highest BCUT2D eigenvalue weighted by Crippen LogP contribution is 2.29. The van der Waals surface area contributed by atoms with Crippen molar-refractivity contribution in [3.05, 3.63) is 35.8 Å². The summed E-state index contributed by atoms with van der Waals surface area (Å²) in [5.41, 5.74) is -1.13. The third kappa shape index (κ3) is 2.86. The average molecular weight is 287 g/mol. The number of nitrogens with zero attached hydrogens (tertiary/aromatic N) is 3. The quantitative estimate of drug-likeness (QED) is 0.844. The molecule has 0 bridgehead atoms. The molecule has 0 N–H and O–H groups in total. The van der Waals surface area contributed by atoms with Crippen LogP contribution < -0.4 is 0 Å². The van der Waals surface area contributed by atoms with E-state index in [1.165, 1.54) is 10.9 Å². The zero-order valence-corrected chi connectivity index (χ0v) is 11.7. The summed E-state index contributed by atoms with van der Waals surface area (Å²) in [4.78, 5) is 4.12. The van der Waals surface area contributed by atoms with E-state index in [1.54, 1.807) is 13.1 Å². The third-order valence-corrected chi connectivity index (χ3v) is 2.92. The fraction of sp³-hybridized carbons (Fsp3) is 0.538. The molecule has 1 atom stereocenters. The van der Waals surface area contributed by atoms with E-state index in [9.17, 15) is 13.2 Å². The van der Waals surface area contributed by atoms with E-state index < -0.39 is 17.9 Å². The number of aromatic nitrogens is 3. The van der Waals surface area contributed by atoms with E-state index in [2.05, 4.69) is 10.1 Å². The lowest BCUT2D eigenvalue weighted by Crippen LogP contribution is -2.12. The van der Waals surface area contributed by atoms with Gasteiger partial charge in [-0.25, -0.2) is 4.98 Å². The van der Waals surface area contributed by atoms with E-state index in [4.69, 9.17) is 4.42 Å². The van der Waals surface area contributed by atoms with Crippen molar-refractivity contribution in [3.63, 3.8) is 0 Å². The molecule has 7 heteroatoms. The molecule has 0 fully saturated rings. The molecule has 0 amide bonds. The Labute approximate surface area is 114 Å². The smallest absolute Gasteiger partial charge is 0.435 e. The Bertz CT molecular complexity index is 540. The predicted octanol–water partition coefficient (Wildman–Crippen LogP) is 3.80. The van der Waals surface area contributed by atoms with Crippen molar-refractivity contribution < 1.29 is 17.6 Å². The number of rotatable bonds is 2. The minimum Gasteiger partial charge on any atom is -0.443 e. The fourth-order valence-corrected chi connectivity index (χ4v) is 1.65. The summed E-state index contributed by atoms with van der Waals surface area (Å²) in [6, 6.07) is 0.437. The molecular weight excluding hydrogens is 271 g/mol. The Kier molecular flexibility index (Phi) is 3.39. The van der Waals surface area contributed by atoms with Gasteiger partial charge >= 0.3 is 6.18 Å². The van der Waals surface area contributed by atoms with Gasteiger partial charge in [-0.1, -0.05) is 20.8 Å². The van der Waals surface area contributed by atoms with Gasteiger partial charge in [-0.05, 0) is 13.0 Å². The van der Waals surface area contributed by atoms with Gasteiger partial charge in [-0.2, -0.15) is 18.3 Å². The highest BCUT2D eigenvalue weighted by molar-refractivity contribution is 5.09. The summed E-state index contributed by atoms with van der Waals surface area (Å²) in [6.07, 6.45) is -1.58. The van der Waals surface area contributed by atoms with Crippen LogP contribution in [0.4, 0.5) is 13.2 Å². The molecule has 0 aromatic carbocycles. The molecule has 0 radical (unpaired) electrons. The molecule has 0 saturated carbocycles. The highest BCUT2D eigenvalue weighted by atomic mass is 19.4. The molecule has 2 rings (SSSR count). The molecular formula is C13H16F3N3O. The normalized spacial score (nSPS) is 14.6. The van der Waals surface area contributed by atoms with Crippen LogP contribution in [0.1, 0.15) is 51.1 Å². The molecule has 2 aromatic rings. The van der Waals surface area contributed by atoms with Gasteiger partial charge in [-0.15, -0.1) is 0 Å². The minimum atomic E-state index is -4.45. The number of halogens is 3. The average Bonchev–Trinajstić information content (AvgIpc) is 2.96. The van der Waals surface area contributed by atoms with Gasteiger partial charge in [0.2, 0.25) is 5.89 Å². The molecule has 0 unspecified atom stereocenters. The van der Waals surface area contributed by atoms with Gasteiger partial charge < -0.3 is 4.42 Å². The number of alkyl halides is 3. The van der Waals surface area contributed by atoms with Crippen molar-refractivity contribution in [2.45, 2.75) is 45.3 Å². The molecule has 0 aliphatic heterocycles. The van der Waals surface area contributed by atoms with Gasteiger partial charge in [0.1, 0.15) is 11.8 Å². The molecule has 2 aromatic heterocycles. The van der Waals surface area contributed by atoms with Crippen molar-refractivity contribution in [2.75, 3.05) is 0 Å². The summed E-state index contributed by atoms with van der Waals surface area (Å²) in [5, 5.41) is 3.52. The van der Waals surface area contributed by atoms with Gasteiger partial charge in [0, 0.05) is 11.6 Å². The summed E-state index contributed by atoms with van der Waals surface area (Å²) >= 11 is 0. The lowest BCUT2D eigenvalue weighted by Gasteiger charge is -2.14. The van der Waals surface area contributed by atoms with Crippen LogP contribution in [0.5, 0.6) is 0 Å². The Morgan fingerprint density at radius 3 is 2.35 bits per heavy atom. The SMILES string of the molecule is C[C@@H](c1ncc(C(C)(C)C)o1)n1ccc(C(F)(F)F)n1. The molecule has 0 spiro atoms. The zero-order valence-electron chi connectivity index (χ0n) is 11.7. The van der Waals surface area contributed by atoms with Crippen molar-refractivity contribution in [3.8, 4) is 0 Å².